The number of hydrogen-bond acceptors (Lipinski definition) is 6. The molecule has 0 aromatic heterocycles. The Balaban J connectivity index is 1.56. The van der Waals surface area contributed by atoms with E-state index in [9.17, 15) is 19.2 Å². The zero-order valence-corrected chi connectivity index (χ0v) is 23.6. The average Bonchev–Trinajstić information content (AvgIpc) is 2.89. The van der Waals surface area contributed by atoms with Crippen molar-refractivity contribution in [3.8, 4) is 11.5 Å². The number of rotatable bonds is 7. The van der Waals surface area contributed by atoms with E-state index >= 15 is 0 Å². The third-order valence-corrected chi connectivity index (χ3v) is 6.84. The molecule has 1 saturated heterocycles. The molecule has 1 fully saturated rings. The lowest BCUT2D eigenvalue weighted by Gasteiger charge is -2.26. The highest BCUT2D eigenvalue weighted by molar-refractivity contribution is 9.10. The van der Waals surface area contributed by atoms with Gasteiger partial charge in [-0.2, -0.15) is 0 Å². The van der Waals surface area contributed by atoms with Crippen LogP contribution >= 0.6 is 39.1 Å². The maximum Gasteiger partial charge on any atom is 0.335 e. The summed E-state index contributed by atoms with van der Waals surface area (Å²) in [6, 6.07) is 13.7. The molecule has 0 bridgehead atoms. The van der Waals surface area contributed by atoms with Crippen molar-refractivity contribution in [2.24, 2.45) is 0 Å². The molecule has 39 heavy (non-hydrogen) atoms. The highest BCUT2D eigenvalue weighted by Gasteiger charge is 2.37. The number of hydrogen-bond donors (Lipinski definition) is 2. The van der Waals surface area contributed by atoms with Crippen LogP contribution in [-0.2, 0) is 14.4 Å². The number of halogens is 3. The number of carbonyl (C=O) groups is 4. The summed E-state index contributed by atoms with van der Waals surface area (Å²) in [5, 5.41) is 5.26. The molecule has 12 heteroatoms. The Kier molecular flexibility index (Phi) is 8.59. The first-order valence-corrected chi connectivity index (χ1v) is 12.9. The van der Waals surface area contributed by atoms with E-state index in [2.05, 4.69) is 26.6 Å². The van der Waals surface area contributed by atoms with Gasteiger partial charge in [-0.1, -0.05) is 40.9 Å². The second-order valence-electron chi connectivity index (χ2n) is 8.29. The maximum atomic E-state index is 13.2. The molecule has 3 aromatic rings. The topological polar surface area (TPSA) is 114 Å². The van der Waals surface area contributed by atoms with E-state index in [1.165, 1.54) is 37.5 Å². The minimum Gasteiger partial charge on any atom is -0.493 e. The van der Waals surface area contributed by atoms with Crippen LogP contribution in [0.2, 0.25) is 10.0 Å². The molecule has 0 radical (unpaired) electrons. The number of anilines is 2. The molecule has 9 nitrogen and oxygen atoms in total. The number of imide groups is 2. The number of ether oxygens (including phenoxy) is 2. The van der Waals surface area contributed by atoms with Crippen molar-refractivity contribution in [2.45, 2.75) is 6.92 Å². The molecule has 200 valence electrons. The number of barbiturate groups is 1. The normalized spacial score (nSPS) is 14.3. The molecule has 0 spiro atoms. The maximum absolute atomic E-state index is 13.2. The van der Waals surface area contributed by atoms with Crippen LogP contribution in [0.25, 0.3) is 6.08 Å². The predicted molar refractivity (Wildman–Crippen MR) is 151 cm³/mol. The Morgan fingerprint density at radius 2 is 1.77 bits per heavy atom. The molecule has 0 unspecified atom stereocenters. The van der Waals surface area contributed by atoms with E-state index in [0.29, 0.717) is 15.7 Å². The second-order valence-corrected chi connectivity index (χ2v) is 9.96. The summed E-state index contributed by atoms with van der Waals surface area (Å²) in [5.41, 5.74) is 1.91. The average molecular weight is 633 g/mol. The molecule has 0 atom stereocenters. The van der Waals surface area contributed by atoms with E-state index in [1.54, 1.807) is 18.2 Å². The second kappa shape index (κ2) is 11.9. The highest BCUT2D eigenvalue weighted by Crippen LogP contribution is 2.38. The first kappa shape index (κ1) is 28.2. The van der Waals surface area contributed by atoms with Gasteiger partial charge in [0.15, 0.2) is 18.1 Å². The number of urea groups is 1. The van der Waals surface area contributed by atoms with Crippen LogP contribution in [-0.4, -0.2) is 37.5 Å². The Hall–Kier alpha value is -3.86. The van der Waals surface area contributed by atoms with Crippen LogP contribution in [0.4, 0.5) is 16.2 Å². The smallest absolute Gasteiger partial charge is 0.335 e. The molecular weight excluding hydrogens is 613 g/mol. The molecule has 3 aromatic carbocycles. The number of methoxy groups -OCH3 is 1. The van der Waals surface area contributed by atoms with Crippen LogP contribution in [0.15, 0.2) is 64.6 Å². The van der Waals surface area contributed by atoms with E-state index in [4.69, 9.17) is 32.7 Å². The molecule has 0 aliphatic carbocycles. The number of aryl methyl sites for hydroxylation is 1. The fourth-order valence-electron chi connectivity index (χ4n) is 3.62. The number of nitrogens with zero attached hydrogens (tertiary/aromatic N) is 1. The monoisotopic (exact) mass is 631 g/mol. The zero-order chi connectivity index (χ0) is 28.3. The first-order chi connectivity index (χ1) is 18.6. The fourth-order valence-corrected chi connectivity index (χ4v) is 4.48. The van der Waals surface area contributed by atoms with Gasteiger partial charge in [-0.15, -0.1) is 0 Å². The summed E-state index contributed by atoms with van der Waals surface area (Å²) in [4.78, 5) is 51.4. The number of benzene rings is 3. The zero-order valence-electron chi connectivity index (χ0n) is 20.5. The van der Waals surface area contributed by atoms with Gasteiger partial charge in [-0.25, -0.2) is 9.69 Å². The van der Waals surface area contributed by atoms with Gasteiger partial charge in [0.05, 0.1) is 27.3 Å². The minimum absolute atomic E-state index is 0.133. The van der Waals surface area contributed by atoms with E-state index in [0.717, 1.165) is 10.5 Å². The molecular formula is C27H20BrCl2N3O6. The van der Waals surface area contributed by atoms with Gasteiger partial charge in [-0.05, 0) is 77.0 Å². The Morgan fingerprint density at radius 3 is 2.44 bits per heavy atom. The van der Waals surface area contributed by atoms with Crippen LogP contribution in [0.5, 0.6) is 11.5 Å². The quantitative estimate of drug-likeness (QED) is 0.253. The number of amides is 5. The first-order valence-electron chi connectivity index (χ1n) is 11.3. The fraction of sp³-hybridized carbons (Fsp3) is 0.111. The van der Waals surface area contributed by atoms with Crippen molar-refractivity contribution in [1.82, 2.24) is 5.32 Å². The summed E-state index contributed by atoms with van der Waals surface area (Å²) in [7, 11) is 1.40. The molecule has 1 heterocycles. The summed E-state index contributed by atoms with van der Waals surface area (Å²) in [5.74, 6) is -1.63. The molecule has 2 N–H and O–H groups in total. The third-order valence-electron chi connectivity index (χ3n) is 5.51. The van der Waals surface area contributed by atoms with Gasteiger partial charge < -0.3 is 14.8 Å². The van der Waals surface area contributed by atoms with Crippen molar-refractivity contribution in [1.29, 1.82) is 0 Å². The molecule has 5 amide bonds. The van der Waals surface area contributed by atoms with Gasteiger partial charge in [0.1, 0.15) is 5.57 Å². The summed E-state index contributed by atoms with van der Waals surface area (Å²) in [6.45, 7) is 1.64. The number of carbonyl (C=O) groups excluding carboxylic acids is 4. The number of nitrogens with one attached hydrogen (secondary N) is 2. The van der Waals surface area contributed by atoms with Crippen molar-refractivity contribution in [2.75, 3.05) is 23.9 Å². The summed E-state index contributed by atoms with van der Waals surface area (Å²) in [6.07, 6.45) is 1.30. The lowest BCUT2D eigenvalue weighted by Crippen LogP contribution is -2.54. The lowest BCUT2D eigenvalue weighted by molar-refractivity contribution is -0.122. The highest BCUT2D eigenvalue weighted by atomic mass is 79.9. The van der Waals surface area contributed by atoms with E-state index in [1.807, 2.05) is 19.1 Å². The van der Waals surface area contributed by atoms with Crippen molar-refractivity contribution >= 4 is 80.3 Å². The molecule has 4 rings (SSSR count). The van der Waals surface area contributed by atoms with E-state index < -0.39 is 17.8 Å². The van der Waals surface area contributed by atoms with Crippen LogP contribution in [0.3, 0.4) is 0 Å². The van der Waals surface area contributed by atoms with Gasteiger partial charge in [0, 0.05) is 5.69 Å². The van der Waals surface area contributed by atoms with Gasteiger partial charge in [-0.3, -0.25) is 19.7 Å². The van der Waals surface area contributed by atoms with Crippen molar-refractivity contribution in [3.05, 3.63) is 85.8 Å². The van der Waals surface area contributed by atoms with Crippen LogP contribution in [0, 0.1) is 6.92 Å². The van der Waals surface area contributed by atoms with Crippen LogP contribution in [0.1, 0.15) is 11.1 Å². The Labute approximate surface area is 241 Å². The van der Waals surface area contributed by atoms with Gasteiger partial charge >= 0.3 is 6.03 Å². The van der Waals surface area contributed by atoms with Crippen molar-refractivity contribution in [3.63, 3.8) is 0 Å². The molecule has 1 aliphatic heterocycles. The molecule has 0 saturated carbocycles. The van der Waals surface area contributed by atoms with Crippen molar-refractivity contribution < 1.29 is 28.7 Å². The molecule has 1 aliphatic rings. The van der Waals surface area contributed by atoms with Gasteiger partial charge in [0.25, 0.3) is 17.7 Å². The van der Waals surface area contributed by atoms with Gasteiger partial charge in [0.2, 0.25) is 0 Å². The SMILES string of the molecule is COc1cc(/C=C2\C(=O)NC(=O)N(c3ccc(Cl)c(Cl)c3)C2=O)cc(Br)c1OCC(=O)Nc1ccc(C)cc1. The Morgan fingerprint density at radius 1 is 1.05 bits per heavy atom. The summed E-state index contributed by atoms with van der Waals surface area (Å²) < 4.78 is 11.5. The minimum atomic E-state index is -0.924. The largest absolute Gasteiger partial charge is 0.493 e. The predicted octanol–water partition coefficient (Wildman–Crippen LogP) is 5.76. The Bertz CT molecular complexity index is 1520. The lowest BCUT2D eigenvalue weighted by atomic mass is 10.1. The van der Waals surface area contributed by atoms with Crippen LogP contribution < -0.4 is 25.0 Å². The summed E-state index contributed by atoms with van der Waals surface area (Å²) >= 11 is 15.4. The standard InChI is InChI=1S/C27H20BrCl2N3O6/c1-14-3-5-16(6-4-14)31-23(34)13-39-24-19(28)10-15(11-22(24)38-2)9-18-25(35)32-27(37)33(26(18)36)17-7-8-20(29)21(30)12-17/h3-12H,13H2,1-2H3,(H,31,34)(H,32,35,37)/b18-9+. The van der Waals surface area contributed by atoms with E-state index in [-0.39, 0.29) is 45.3 Å². The third kappa shape index (κ3) is 6.42.